The van der Waals surface area contributed by atoms with E-state index in [4.69, 9.17) is 12.2 Å². The average Bonchev–Trinajstić information content (AvgIpc) is 3.53. The largest absolute Gasteiger partial charge is 0.480 e. The van der Waals surface area contributed by atoms with Crippen molar-refractivity contribution in [3.05, 3.63) is 135 Å². The number of thiocarbonyl (C=S) groups is 1. The Morgan fingerprint density at radius 2 is 1.49 bits per heavy atom. The lowest BCUT2D eigenvalue weighted by Gasteiger charge is -2.33. The van der Waals surface area contributed by atoms with Crippen LogP contribution in [0.1, 0.15) is 70.5 Å². The number of rotatable bonds is 7. The molecule has 2 aliphatic heterocycles. The van der Waals surface area contributed by atoms with E-state index in [0.29, 0.717) is 16.9 Å². The lowest BCUT2D eigenvalue weighted by Crippen LogP contribution is -2.33. The molecule has 3 aliphatic rings. The summed E-state index contributed by atoms with van der Waals surface area (Å²) in [5, 5.41) is 9.19. The minimum Gasteiger partial charge on any atom is -0.480 e. The molecule has 2 fully saturated rings. The Hall–Kier alpha value is -4.46. The topological polar surface area (TPSA) is 60.9 Å². The van der Waals surface area contributed by atoms with Crippen LogP contribution in [0.4, 0.5) is 11.4 Å². The zero-order chi connectivity index (χ0) is 32.7. The van der Waals surface area contributed by atoms with Crippen molar-refractivity contribution in [3.63, 3.8) is 0 Å². The van der Waals surface area contributed by atoms with Gasteiger partial charge in [-0.2, -0.15) is 0 Å². The highest BCUT2D eigenvalue weighted by molar-refractivity contribution is 8.26. The van der Waals surface area contributed by atoms with E-state index in [9.17, 15) is 14.7 Å². The molecule has 0 spiro atoms. The maximum Gasteiger partial charge on any atom is 0.323 e. The second-order valence-corrected chi connectivity index (χ2v) is 14.4. The molecule has 1 aliphatic carbocycles. The molecule has 4 aromatic rings. The smallest absolute Gasteiger partial charge is 0.323 e. The summed E-state index contributed by atoms with van der Waals surface area (Å²) in [5.41, 5.74) is 11.9. The highest BCUT2D eigenvalue weighted by Crippen LogP contribution is 2.51. The minimum atomic E-state index is -1.08. The van der Waals surface area contributed by atoms with E-state index in [1.165, 1.54) is 69.4 Å². The summed E-state index contributed by atoms with van der Waals surface area (Å²) in [6.07, 6.45) is 8.82. The zero-order valence-corrected chi connectivity index (χ0v) is 28.1. The molecule has 1 saturated heterocycles. The normalized spacial score (nSPS) is 19.6. The second-order valence-electron chi connectivity index (χ2n) is 12.7. The van der Waals surface area contributed by atoms with Gasteiger partial charge < -0.3 is 10.0 Å². The molecule has 0 bridgehead atoms. The number of hydrogen-bond acceptors (Lipinski definition) is 5. The summed E-state index contributed by atoms with van der Waals surface area (Å²) in [4.78, 5) is 28.3. The van der Waals surface area contributed by atoms with E-state index in [-0.39, 0.29) is 10.2 Å². The van der Waals surface area contributed by atoms with Crippen LogP contribution in [-0.4, -0.2) is 38.8 Å². The van der Waals surface area contributed by atoms with Gasteiger partial charge in [0.15, 0.2) is 0 Å². The van der Waals surface area contributed by atoms with Crippen LogP contribution in [0.3, 0.4) is 0 Å². The molecule has 5 nitrogen and oxygen atoms in total. The van der Waals surface area contributed by atoms with Gasteiger partial charge in [0.2, 0.25) is 0 Å². The molecule has 2 atom stereocenters. The number of fused-ring (bicyclic) bond motifs is 3. The predicted octanol–water partition coefficient (Wildman–Crippen LogP) is 9.36. The van der Waals surface area contributed by atoms with Gasteiger partial charge in [-0.05, 0) is 96.5 Å². The van der Waals surface area contributed by atoms with Gasteiger partial charge in [-0.15, -0.1) is 0 Å². The Morgan fingerprint density at radius 1 is 0.872 bits per heavy atom. The molecule has 1 saturated carbocycles. The van der Waals surface area contributed by atoms with Gasteiger partial charge >= 0.3 is 5.97 Å². The quantitative estimate of drug-likeness (QED) is 0.122. The van der Waals surface area contributed by atoms with Crippen molar-refractivity contribution in [2.75, 3.05) is 11.4 Å². The van der Waals surface area contributed by atoms with Crippen molar-refractivity contribution < 1.29 is 14.7 Å². The molecule has 47 heavy (non-hydrogen) atoms. The first-order valence-corrected chi connectivity index (χ1v) is 17.3. The van der Waals surface area contributed by atoms with Gasteiger partial charge in [0.1, 0.15) is 10.9 Å². The number of carbonyl (C=O) groups excluding carboxylic acids is 1. The number of thioether (sulfide) groups is 1. The van der Waals surface area contributed by atoms with Crippen LogP contribution < -0.4 is 4.90 Å². The molecule has 0 aromatic heterocycles. The maximum absolute atomic E-state index is 12.9. The highest BCUT2D eigenvalue weighted by Gasteiger charge is 2.40. The lowest BCUT2D eigenvalue weighted by molar-refractivity contribution is -0.140. The summed E-state index contributed by atoms with van der Waals surface area (Å²) in [5.74, 6) is -1.00. The Labute approximate surface area is 285 Å². The first-order chi connectivity index (χ1) is 22.7. The molecule has 236 valence electrons. The fourth-order valence-electron chi connectivity index (χ4n) is 7.09. The predicted molar refractivity (Wildman–Crippen MR) is 197 cm³/mol. The number of aryl methyl sites for hydroxylation is 2. The number of carboxylic acids is 1. The molecular formula is C40H36N2O3S2. The van der Waals surface area contributed by atoms with Gasteiger partial charge in [0.25, 0.3) is 5.91 Å². The molecule has 2 heterocycles. The van der Waals surface area contributed by atoms with E-state index in [0.717, 1.165) is 28.9 Å². The number of carboxylic acid groups (broad SMARTS) is 1. The van der Waals surface area contributed by atoms with E-state index >= 15 is 0 Å². The third-order valence-electron chi connectivity index (χ3n) is 9.44. The van der Waals surface area contributed by atoms with E-state index < -0.39 is 12.5 Å². The highest BCUT2D eigenvalue weighted by atomic mass is 32.2. The van der Waals surface area contributed by atoms with Gasteiger partial charge in [0, 0.05) is 23.3 Å². The fraction of sp³-hybridized carbons (Fsp3) is 0.225. The summed E-state index contributed by atoms with van der Waals surface area (Å²) < 4.78 is 0.284. The van der Waals surface area contributed by atoms with Crippen LogP contribution in [-0.2, 0) is 9.59 Å². The van der Waals surface area contributed by atoms with Crippen LogP contribution in [0, 0.1) is 13.8 Å². The van der Waals surface area contributed by atoms with Crippen molar-refractivity contribution in [1.82, 2.24) is 4.90 Å². The van der Waals surface area contributed by atoms with Crippen molar-refractivity contribution in [2.24, 2.45) is 0 Å². The lowest BCUT2D eigenvalue weighted by atomic mass is 9.82. The zero-order valence-electron chi connectivity index (χ0n) is 26.5. The van der Waals surface area contributed by atoms with Crippen molar-refractivity contribution in [2.45, 2.75) is 51.5 Å². The first kappa shape index (κ1) is 31.2. The average molecular weight is 657 g/mol. The molecule has 1 amide bonds. The molecule has 0 radical (unpaired) electrons. The molecule has 2 unspecified atom stereocenters. The number of carbonyl (C=O) groups is 2. The number of nitrogens with zero attached hydrogens (tertiary/aromatic N) is 2. The van der Waals surface area contributed by atoms with Crippen LogP contribution in [0.5, 0.6) is 0 Å². The van der Waals surface area contributed by atoms with Gasteiger partial charge in [-0.1, -0.05) is 115 Å². The van der Waals surface area contributed by atoms with Crippen molar-refractivity contribution in [3.8, 4) is 0 Å². The number of anilines is 2. The van der Waals surface area contributed by atoms with Gasteiger partial charge in [-0.3, -0.25) is 14.5 Å². The molecule has 1 N–H and O–H groups in total. The number of aliphatic carboxylic acids is 1. The van der Waals surface area contributed by atoms with Crippen molar-refractivity contribution >= 4 is 69.3 Å². The molecule has 7 heteroatoms. The minimum absolute atomic E-state index is 0.284. The van der Waals surface area contributed by atoms with Gasteiger partial charge in [-0.25, -0.2) is 0 Å². The summed E-state index contributed by atoms with van der Waals surface area (Å²) in [7, 11) is 0. The Bertz CT molecular complexity index is 1880. The summed E-state index contributed by atoms with van der Waals surface area (Å²) in [6, 6.07) is 33.2. The Balaban J connectivity index is 1.20. The number of amides is 1. The van der Waals surface area contributed by atoms with Crippen LogP contribution in [0.2, 0.25) is 0 Å². The summed E-state index contributed by atoms with van der Waals surface area (Å²) >= 11 is 6.47. The molecule has 7 rings (SSSR count). The first-order valence-electron chi connectivity index (χ1n) is 16.1. The second kappa shape index (κ2) is 13.0. The Kier molecular flexibility index (Phi) is 8.60. The van der Waals surface area contributed by atoms with Gasteiger partial charge in [0.05, 0.1) is 4.91 Å². The third kappa shape index (κ3) is 6.30. The number of benzene rings is 4. The Morgan fingerprint density at radius 3 is 2.13 bits per heavy atom. The van der Waals surface area contributed by atoms with E-state index in [1.807, 2.05) is 6.08 Å². The standard InChI is InChI=1S/C40H36N2O3S2/c1-25-7-14-29(15-8-25)33(30-16-9-26(2)10-17-30)21-27-11-18-31(19-12-27)42-35-6-4-3-5-32(35)34-22-28(13-20-36(34)42)23-37-39(45)41(24-38(43)44)40(46)47-37/h7-23,32,35H,3-6,24H2,1-2H3,(H,43,44)/b37-23-. The monoisotopic (exact) mass is 656 g/mol. The molecular weight excluding hydrogens is 621 g/mol. The number of hydrogen-bond donors (Lipinski definition) is 1. The fourth-order valence-corrected chi connectivity index (χ4v) is 8.35. The van der Waals surface area contributed by atoms with E-state index in [1.54, 1.807) is 0 Å². The van der Waals surface area contributed by atoms with Crippen LogP contribution >= 0.6 is 24.0 Å². The maximum atomic E-state index is 12.9. The van der Waals surface area contributed by atoms with Crippen LogP contribution in [0.25, 0.3) is 17.7 Å². The van der Waals surface area contributed by atoms with E-state index in [2.05, 4.69) is 116 Å². The third-order valence-corrected chi connectivity index (χ3v) is 10.8. The SMILES string of the molecule is Cc1ccc(C(=Cc2ccc(N3c4ccc(/C=C5\SC(=S)N(CC(=O)O)C5=O)cc4C4CCCCC43)cc2)c2ccc(C)cc2)cc1. The van der Waals surface area contributed by atoms with Crippen LogP contribution in [0.15, 0.2) is 95.9 Å². The summed E-state index contributed by atoms with van der Waals surface area (Å²) in [6.45, 7) is 3.82. The molecule has 4 aromatic carbocycles. The van der Waals surface area contributed by atoms with Crippen molar-refractivity contribution in [1.29, 1.82) is 0 Å².